The number of morpholine rings is 1. The van der Waals surface area contributed by atoms with Crippen molar-refractivity contribution in [3.63, 3.8) is 0 Å². The Morgan fingerprint density at radius 2 is 2.32 bits per heavy atom. The zero-order valence-electron chi connectivity index (χ0n) is 11.7. The van der Waals surface area contributed by atoms with E-state index >= 15 is 0 Å². The fourth-order valence-electron chi connectivity index (χ4n) is 2.44. The van der Waals surface area contributed by atoms with E-state index in [1.54, 1.807) is 0 Å². The van der Waals surface area contributed by atoms with Crippen molar-refractivity contribution in [1.29, 1.82) is 0 Å². The first-order chi connectivity index (χ1) is 9.11. The minimum Gasteiger partial charge on any atom is -0.377 e. The molecule has 1 aromatic carbocycles. The highest BCUT2D eigenvalue weighted by molar-refractivity contribution is 6.33. The second-order valence-corrected chi connectivity index (χ2v) is 5.68. The Morgan fingerprint density at radius 1 is 1.53 bits per heavy atom. The third-order valence-corrected chi connectivity index (χ3v) is 4.01. The molecule has 19 heavy (non-hydrogen) atoms. The molecule has 1 heterocycles. The van der Waals surface area contributed by atoms with E-state index in [2.05, 4.69) is 36.9 Å². The summed E-state index contributed by atoms with van der Waals surface area (Å²) in [5.41, 5.74) is 8.30. The zero-order valence-corrected chi connectivity index (χ0v) is 12.5. The zero-order chi connectivity index (χ0) is 13.8. The molecule has 0 bridgehead atoms. The van der Waals surface area contributed by atoms with Crippen molar-refractivity contribution >= 4 is 17.3 Å². The largest absolute Gasteiger partial charge is 0.377 e. The standard InChI is InChI=1S/C15H23ClN2O/c1-3-13(17)8-12-4-5-15(14(16)9-12)18-6-7-19-10-11(18)2/h4-5,9,11,13H,3,6-8,10,17H2,1-2H3. The smallest absolute Gasteiger partial charge is 0.0668 e. The number of nitrogens with two attached hydrogens (primary N) is 1. The average Bonchev–Trinajstić information content (AvgIpc) is 2.40. The summed E-state index contributed by atoms with van der Waals surface area (Å²) in [5, 5.41) is 0.814. The molecule has 1 aliphatic rings. The number of halogens is 1. The van der Waals surface area contributed by atoms with Crippen molar-refractivity contribution < 1.29 is 4.74 Å². The number of hydrogen-bond donors (Lipinski definition) is 1. The number of benzene rings is 1. The van der Waals surface area contributed by atoms with Gasteiger partial charge in [0.05, 0.1) is 23.9 Å². The van der Waals surface area contributed by atoms with E-state index in [0.717, 1.165) is 43.3 Å². The molecule has 0 saturated carbocycles. The third-order valence-electron chi connectivity index (χ3n) is 3.71. The van der Waals surface area contributed by atoms with Gasteiger partial charge in [0.15, 0.2) is 0 Å². The Morgan fingerprint density at radius 3 is 2.95 bits per heavy atom. The molecule has 0 aliphatic carbocycles. The van der Waals surface area contributed by atoms with E-state index in [0.29, 0.717) is 6.04 Å². The SMILES string of the molecule is CCC(N)Cc1ccc(N2CCOCC2C)c(Cl)c1. The highest BCUT2D eigenvalue weighted by Gasteiger charge is 2.21. The molecule has 4 heteroatoms. The normalized spacial score (nSPS) is 21.5. The lowest BCUT2D eigenvalue weighted by molar-refractivity contribution is 0.0989. The fourth-order valence-corrected chi connectivity index (χ4v) is 2.75. The van der Waals surface area contributed by atoms with Gasteiger partial charge in [0, 0.05) is 18.6 Å². The predicted octanol–water partition coefficient (Wildman–Crippen LogP) is 2.84. The molecular formula is C15H23ClN2O. The molecule has 0 spiro atoms. The molecule has 0 aromatic heterocycles. The Kier molecular flexibility index (Phi) is 5.08. The van der Waals surface area contributed by atoms with Crippen molar-refractivity contribution in [3.05, 3.63) is 28.8 Å². The maximum absolute atomic E-state index is 6.43. The summed E-state index contributed by atoms with van der Waals surface area (Å²) in [7, 11) is 0. The van der Waals surface area contributed by atoms with Crippen LogP contribution >= 0.6 is 11.6 Å². The van der Waals surface area contributed by atoms with Crippen molar-refractivity contribution in [2.45, 2.75) is 38.8 Å². The molecule has 2 atom stereocenters. The summed E-state index contributed by atoms with van der Waals surface area (Å²) in [4.78, 5) is 2.31. The molecule has 3 nitrogen and oxygen atoms in total. The van der Waals surface area contributed by atoms with Gasteiger partial charge in [-0.2, -0.15) is 0 Å². The van der Waals surface area contributed by atoms with E-state index in [1.165, 1.54) is 5.56 Å². The van der Waals surface area contributed by atoms with Crippen molar-refractivity contribution in [2.24, 2.45) is 5.73 Å². The topological polar surface area (TPSA) is 38.5 Å². The van der Waals surface area contributed by atoms with Gasteiger partial charge in [-0.3, -0.25) is 0 Å². The summed E-state index contributed by atoms with van der Waals surface area (Å²) >= 11 is 6.43. The highest BCUT2D eigenvalue weighted by Crippen LogP contribution is 2.29. The lowest BCUT2D eigenvalue weighted by Gasteiger charge is -2.35. The van der Waals surface area contributed by atoms with Crippen LogP contribution in [0, 0.1) is 0 Å². The van der Waals surface area contributed by atoms with Gasteiger partial charge >= 0.3 is 0 Å². The van der Waals surface area contributed by atoms with Crippen LogP contribution in [0.5, 0.6) is 0 Å². The van der Waals surface area contributed by atoms with E-state index < -0.39 is 0 Å². The Balaban J connectivity index is 2.14. The van der Waals surface area contributed by atoms with Crippen molar-refractivity contribution in [3.8, 4) is 0 Å². The van der Waals surface area contributed by atoms with Gasteiger partial charge in [-0.1, -0.05) is 24.6 Å². The van der Waals surface area contributed by atoms with E-state index in [4.69, 9.17) is 22.1 Å². The predicted molar refractivity (Wildman–Crippen MR) is 81.0 cm³/mol. The second-order valence-electron chi connectivity index (χ2n) is 5.28. The highest BCUT2D eigenvalue weighted by atomic mass is 35.5. The van der Waals surface area contributed by atoms with Crippen LogP contribution in [0.3, 0.4) is 0 Å². The van der Waals surface area contributed by atoms with E-state index in [1.807, 2.05) is 0 Å². The summed E-state index contributed by atoms with van der Waals surface area (Å²) in [6.07, 6.45) is 1.87. The first-order valence-electron chi connectivity index (χ1n) is 7.00. The number of hydrogen-bond acceptors (Lipinski definition) is 3. The molecule has 2 N–H and O–H groups in total. The van der Waals surface area contributed by atoms with E-state index in [9.17, 15) is 0 Å². The molecule has 0 radical (unpaired) electrons. The number of nitrogens with zero attached hydrogens (tertiary/aromatic N) is 1. The summed E-state index contributed by atoms with van der Waals surface area (Å²) in [6.45, 7) is 6.70. The van der Waals surface area contributed by atoms with Gasteiger partial charge < -0.3 is 15.4 Å². The molecule has 1 aliphatic heterocycles. The first-order valence-corrected chi connectivity index (χ1v) is 7.38. The Bertz CT molecular complexity index is 425. The minimum atomic E-state index is 0.212. The van der Waals surface area contributed by atoms with Crippen LogP contribution in [0.2, 0.25) is 5.02 Å². The maximum atomic E-state index is 6.43. The molecule has 1 fully saturated rings. The maximum Gasteiger partial charge on any atom is 0.0668 e. The molecule has 106 valence electrons. The van der Waals surface area contributed by atoms with Gasteiger partial charge in [-0.15, -0.1) is 0 Å². The third kappa shape index (κ3) is 3.62. The van der Waals surface area contributed by atoms with E-state index in [-0.39, 0.29) is 6.04 Å². The van der Waals surface area contributed by atoms with Gasteiger partial charge in [0.25, 0.3) is 0 Å². The van der Waals surface area contributed by atoms with Crippen LogP contribution in [0.25, 0.3) is 0 Å². The lowest BCUT2D eigenvalue weighted by atomic mass is 10.0. The van der Waals surface area contributed by atoms with Crippen LogP contribution in [-0.2, 0) is 11.2 Å². The van der Waals surface area contributed by atoms with Crippen molar-refractivity contribution in [1.82, 2.24) is 0 Å². The van der Waals surface area contributed by atoms with Crippen molar-refractivity contribution in [2.75, 3.05) is 24.7 Å². The van der Waals surface area contributed by atoms with Crippen LogP contribution < -0.4 is 10.6 Å². The second kappa shape index (κ2) is 6.60. The minimum absolute atomic E-state index is 0.212. The average molecular weight is 283 g/mol. The fraction of sp³-hybridized carbons (Fsp3) is 0.600. The lowest BCUT2D eigenvalue weighted by Crippen LogP contribution is -2.43. The molecule has 1 saturated heterocycles. The number of rotatable bonds is 4. The molecule has 2 unspecified atom stereocenters. The monoisotopic (exact) mass is 282 g/mol. The van der Waals surface area contributed by atoms with Crippen LogP contribution in [-0.4, -0.2) is 31.8 Å². The molecule has 1 aromatic rings. The van der Waals surface area contributed by atoms with Gasteiger partial charge in [0.2, 0.25) is 0 Å². The molecule has 2 rings (SSSR count). The summed E-state index contributed by atoms with van der Waals surface area (Å²) < 4.78 is 5.46. The van der Waals surface area contributed by atoms with Crippen LogP contribution in [0.1, 0.15) is 25.8 Å². The van der Waals surface area contributed by atoms with Gasteiger partial charge in [-0.25, -0.2) is 0 Å². The summed E-state index contributed by atoms with van der Waals surface area (Å²) in [5.74, 6) is 0. The van der Waals surface area contributed by atoms with Crippen LogP contribution in [0.4, 0.5) is 5.69 Å². The molecular weight excluding hydrogens is 260 g/mol. The van der Waals surface area contributed by atoms with Gasteiger partial charge in [0.1, 0.15) is 0 Å². The van der Waals surface area contributed by atoms with Crippen LogP contribution in [0.15, 0.2) is 18.2 Å². The Hall–Kier alpha value is -0.770. The van der Waals surface area contributed by atoms with Gasteiger partial charge in [-0.05, 0) is 37.5 Å². The Labute approximate surface area is 120 Å². The number of ether oxygens (including phenoxy) is 1. The summed E-state index contributed by atoms with van der Waals surface area (Å²) in [6, 6.07) is 6.88. The number of anilines is 1. The first kappa shape index (κ1) is 14.6. The quantitative estimate of drug-likeness (QED) is 0.923. The molecule has 0 amide bonds.